The predicted molar refractivity (Wildman–Crippen MR) is 58.8 cm³/mol. The zero-order chi connectivity index (χ0) is 10.6. The van der Waals surface area contributed by atoms with Gasteiger partial charge in [-0.25, -0.2) is 4.48 Å². The Balaban J connectivity index is 5.27. The van der Waals surface area contributed by atoms with E-state index < -0.39 is 0 Å². The Bertz CT molecular complexity index is 230. The van der Waals surface area contributed by atoms with Crippen molar-refractivity contribution < 1.29 is 4.48 Å². The van der Waals surface area contributed by atoms with Gasteiger partial charge in [0.2, 0.25) is 0 Å². The van der Waals surface area contributed by atoms with Crippen molar-refractivity contribution in [2.45, 2.75) is 53.6 Å². The molecule has 0 amide bonds. The normalized spacial score (nSPS) is 11.4. The zero-order valence-electron chi connectivity index (χ0n) is 9.81. The smallest absolute Gasteiger partial charge is 0.142 e. The van der Waals surface area contributed by atoms with Crippen LogP contribution in [0.2, 0.25) is 0 Å². The van der Waals surface area contributed by atoms with Crippen LogP contribution in [0, 0.1) is 12.0 Å². The van der Waals surface area contributed by atoms with E-state index in [0.29, 0.717) is 16.6 Å². The molecule has 0 N–H and O–H groups in total. The molecule has 1 nitrogen and oxygen atoms in total. The van der Waals surface area contributed by atoms with Crippen LogP contribution in [0.4, 0.5) is 0 Å². The van der Waals surface area contributed by atoms with Gasteiger partial charge in [-0.2, -0.15) is 0 Å². The highest BCUT2D eigenvalue weighted by molar-refractivity contribution is 4.96. The van der Waals surface area contributed by atoms with Crippen LogP contribution in [-0.2, 0) is 0 Å². The van der Waals surface area contributed by atoms with Gasteiger partial charge in [0.25, 0.3) is 0 Å². The molecule has 0 bridgehead atoms. The van der Waals surface area contributed by atoms with Crippen molar-refractivity contribution in [3.8, 4) is 12.0 Å². The van der Waals surface area contributed by atoms with Crippen molar-refractivity contribution in [3.05, 3.63) is 12.3 Å². The summed E-state index contributed by atoms with van der Waals surface area (Å²) >= 11 is 0. The van der Waals surface area contributed by atoms with Gasteiger partial charge in [-0.05, 0) is 40.2 Å². The molecule has 0 aliphatic heterocycles. The molecule has 0 aromatic heterocycles. The lowest BCUT2D eigenvalue weighted by molar-refractivity contribution is -0.869. The molecule has 0 unspecified atom stereocenters. The first-order valence-electron chi connectivity index (χ1n) is 4.88. The molecule has 0 aromatic rings. The van der Waals surface area contributed by atoms with Crippen LogP contribution in [-0.4, -0.2) is 16.6 Å². The van der Waals surface area contributed by atoms with Crippen molar-refractivity contribution in [1.29, 1.82) is 0 Å². The molecule has 0 rings (SSSR count). The molecule has 13 heavy (non-hydrogen) atoms. The summed E-state index contributed by atoms with van der Waals surface area (Å²) in [6, 6.07) is 4.21. The van der Waals surface area contributed by atoms with Crippen LogP contribution in [0.1, 0.15) is 41.5 Å². The first-order chi connectivity index (χ1) is 5.89. The van der Waals surface area contributed by atoms with Crippen LogP contribution < -0.4 is 0 Å². The first-order valence-corrected chi connectivity index (χ1v) is 4.88. The SMILES string of the molecule is C=C(C)[N+](C#CC)(C(C)C)C(C)C. The maximum absolute atomic E-state index is 4.06. The first kappa shape index (κ1) is 12.3. The van der Waals surface area contributed by atoms with Crippen molar-refractivity contribution in [2.24, 2.45) is 0 Å². The summed E-state index contributed by atoms with van der Waals surface area (Å²) in [5, 5.41) is 0. The maximum Gasteiger partial charge on any atom is 0.142 e. The predicted octanol–water partition coefficient (Wildman–Crippen LogP) is 3.13. The summed E-state index contributed by atoms with van der Waals surface area (Å²) in [7, 11) is 0. The zero-order valence-corrected chi connectivity index (χ0v) is 9.81. The lowest BCUT2D eigenvalue weighted by atomic mass is 10.1. The number of allylic oxidation sites excluding steroid dienone is 1. The highest BCUT2D eigenvalue weighted by Gasteiger charge is 2.35. The monoisotopic (exact) mass is 180 g/mol. The minimum absolute atomic E-state index is 0.463. The molecule has 0 aliphatic rings. The molecule has 0 atom stereocenters. The molecule has 1 heteroatoms. The van der Waals surface area contributed by atoms with E-state index in [2.05, 4.69) is 53.2 Å². The Kier molecular flexibility index (Phi) is 4.23. The van der Waals surface area contributed by atoms with E-state index in [1.165, 1.54) is 0 Å². The van der Waals surface area contributed by atoms with Crippen LogP contribution in [0.3, 0.4) is 0 Å². The quantitative estimate of drug-likeness (QED) is 0.462. The van der Waals surface area contributed by atoms with Gasteiger partial charge in [-0.15, -0.1) is 0 Å². The van der Waals surface area contributed by atoms with Crippen LogP contribution in [0.5, 0.6) is 0 Å². The number of quaternary nitrogens is 1. The van der Waals surface area contributed by atoms with Gasteiger partial charge >= 0.3 is 0 Å². The largest absolute Gasteiger partial charge is 0.215 e. The summed E-state index contributed by atoms with van der Waals surface area (Å²) in [6.45, 7) is 16.8. The minimum Gasteiger partial charge on any atom is -0.215 e. The molecule has 0 spiro atoms. The van der Waals surface area contributed by atoms with Gasteiger partial charge in [0.1, 0.15) is 23.8 Å². The highest BCUT2D eigenvalue weighted by atomic mass is 15.4. The Labute approximate surface area is 83.0 Å². The van der Waals surface area contributed by atoms with E-state index in [0.717, 1.165) is 5.70 Å². The second-order valence-electron chi connectivity index (χ2n) is 4.06. The molecular weight excluding hydrogens is 158 g/mol. The third-order valence-corrected chi connectivity index (χ3v) is 2.56. The summed E-state index contributed by atoms with van der Waals surface area (Å²) in [6.07, 6.45) is 0. The van der Waals surface area contributed by atoms with Crippen molar-refractivity contribution in [1.82, 2.24) is 0 Å². The van der Waals surface area contributed by atoms with E-state index in [9.17, 15) is 0 Å². The fourth-order valence-electron chi connectivity index (χ4n) is 2.02. The molecule has 0 saturated heterocycles. The minimum atomic E-state index is 0.463. The Hall–Kier alpha value is -0.740. The van der Waals surface area contributed by atoms with Crippen molar-refractivity contribution in [2.75, 3.05) is 0 Å². The van der Waals surface area contributed by atoms with E-state index >= 15 is 0 Å². The van der Waals surface area contributed by atoms with E-state index in [4.69, 9.17) is 0 Å². The molecule has 74 valence electrons. The number of nitrogens with zero attached hydrogens (tertiary/aromatic N) is 1. The molecule has 0 heterocycles. The van der Waals surface area contributed by atoms with E-state index in [1.807, 2.05) is 6.92 Å². The average molecular weight is 180 g/mol. The average Bonchev–Trinajstić information content (AvgIpc) is 1.97. The molecular formula is C12H22N+. The third-order valence-electron chi connectivity index (χ3n) is 2.56. The van der Waals surface area contributed by atoms with Gasteiger partial charge < -0.3 is 0 Å². The van der Waals surface area contributed by atoms with Gasteiger partial charge in [0.15, 0.2) is 0 Å². The van der Waals surface area contributed by atoms with Crippen LogP contribution in [0.15, 0.2) is 12.3 Å². The maximum atomic E-state index is 4.06. The lowest BCUT2D eigenvalue weighted by Crippen LogP contribution is -2.52. The summed E-state index contributed by atoms with van der Waals surface area (Å²) in [5.41, 5.74) is 1.12. The number of hydrogen-bond acceptors (Lipinski definition) is 0. The topological polar surface area (TPSA) is 0 Å². The second-order valence-corrected chi connectivity index (χ2v) is 4.06. The van der Waals surface area contributed by atoms with Crippen molar-refractivity contribution in [3.63, 3.8) is 0 Å². The molecule has 0 fully saturated rings. The Morgan fingerprint density at radius 2 is 1.54 bits per heavy atom. The summed E-state index contributed by atoms with van der Waals surface area (Å²) in [4.78, 5) is 0. The Morgan fingerprint density at radius 1 is 1.15 bits per heavy atom. The fraction of sp³-hybridized carbons (Fsp3) is 0.667. The van der Waals surface area contributed by atoms with Gasteiger partial charge in [-0.3, -0.25) is 0 Å². The molecule has 0 aliphatic carbocycles. The van der Waals surface area contributed by atoms with Crippen LogP contribution >= 0.6 is 0 Å². The second kappa shape index (κ2) is 4.48. The number of rotatable bonds is 3. The van der Waals surface area contributed by atoms with Crippen molar-refractivity contribution >= 4 is 0 Å². The van der Waals surface area contributed by atoms with Gasteiger partial charge in [0.05, 0.1) is 0 Å². The van der Waals surface area contributed by atoms with E-state index in [-0.39, 0.29) is 0 Å². The van der Waals surface area contributed by atoms with Crippen LogP contribution in [0.25, 0.3) is 0 Å². The van der Waals surface area contributed by atoms with Gasteiger partial charge in [0, 0.05) is 13.8 Å². The number of hydrogen-bond donors (Lipinski definition) is 0. The molecule has 0 radical (unpaired) electrons. The lowest BCUT2D eigenvalue weighted by Gasteiger charge is -2.39. The third kappa shape index (κ3) is 2.14. The molecule has 0 saturated carbocycles. The Morgan fingerprint density at radius 3 is 1.62 bits per heavy atom. The van der Waals surface area contributed by atoms with E-state index in [1.54, 1.807) is 0 Å². The highest BCUT2D eigenvalue weighted by Crippen LogP contribution is 2.24. The summed E-state index contributed by atoms with van der Waals surface area (Å²) < 4.78 is 0.705. The standard InChI is InChI=1S/C12H22N/c1-8-9-13(10(2)3,11(4)5)12(6)7/h11-12H,2H2,1,3-7H3/q+1. The molecule has 0 aromatic carbocycles. The fourth-order valence-corrected chi connectivity index (χ4v) is 2.02. The summed E-state index contributed by atoms with van der Waals surface area (Å²) in [5.74, 6) is 3.01. The van der Waals surface area contributed by atoms with Gasteiger partial charge in [-0.1, -0.05) is 0 Å².